The quantitative estimate of drug-likeness (QED) is 0.908. The van der Waals surface area contributed by atoms with Crippen LogP contribution in [0, 0.1) is 0 Å². The average molecular weight is 261 g/mol. The fourth-order valence-corrected chi connectivity index (χ4v) is 1.48. The van der Waals surface area contributed by atoms with E-state index < -0.39 is 17.7 Å². The Morgan fingerprint density at radius 3 is 2.28 bits per heavy atom. The van der Waals surface area contributed by atoms with Crippen molar-refractivity contribution in [3.8, 4) is 0 Å². The molecule has 1 rings (SSSR count). The fraction of sp³-hybridized carbons (Fsp3) is 0.417. The Balaban J connectivity index is 3.39. The van der Waals surface area contributed by atoms with Gasteiger partial charge in [-0.1, -0.05) is 0 Å². The summed E-state index contributed by atoms with van der Waals surface area (Å²) in [6.07, 6.45) is -4.58. The molecule has 6 heteroatoms. The number of rotatable bonds is 3. The molecule has 100 valence electrons. The van der Waals surface area contributed by atoms with Crippen molar-refractivity contribution < 1.29 is 23.1 Å². The Hall–Kier alpha value is -1.72. The van der Waals surface area contributed by atoms with Gasteiger partial charge in [0.05, 0.1) is 11.1 Å². The normalized spacial score (nSPS) is 11.7. The van der Waals surface area contributed by atoms with E-state index in [9.17, 15) is 18.0 Å². The predicted molar refractivity (Wildman–Crippen MR) is 61.9 cm³/mol. The third kappa shape index (κ3) is 2.94. The van der Waals surface area contributed by atoms with Crippen molar-refractivity contribution in [1.29, 1.82) is 0 Å². The van der Waals surface area contributed by atoms with E-state index in [0.717, 1.165) is 0 Å². The van der Waals surface area contributed by atoms with Gasteiger partial charge in [0.15, 0.2) is 0 Å². The maximum atomic E-state index is 12.9. The summed E-state index contributed by atoms with van der Waals surface area (Å²) in [4.78, 5) is 12.2. The van der Waals surface area contributed by atoms with Crippen LogP contribution in [0.1, 0.15) is 29.8 Å². The number of anilines is 1. The first-order valence-electron chi connectivity index (χ1n) is 5.32. The molecule has 18 heavy (non-hydrogen) atoms. The van der Waals surface area contributed by atoms with Gasteiger partial charge in [-0.15, -0.1) is 0 Å². The average Bonchev–Trinajstić information content (AvgIpc) is 2.25. The zero-order chi connectivity index (χ0) is 14.1. The molecule has 1 N–H and O–H groups in total. The number of aromatic carboxylic acids is 1. The molecule has 1 aromatic carbocycles. The van der Waals surface area contributed by atoms with E-state index in [1.54, 1.807) is 13.8 Å². The molecule has 0 bridgehead atoms. The van der Waals surface area contributed by atoms with Crippen LogP contribution in [-0.4, -0.2) is 24.2 Å². The van der Waals surface area contributed by atoms with Crippen LogP contribution in [0.3, 0.4) is 0 Å². The van der Waals surface area contributed by atoms with E-state index in [-0.39, 0.29) is 17.3 Å². The number of alkyl halides is 3. The van der Waals surface area contributed by atoms with Gasteiger partial charge in [0.1, 0.15) is 0 Å². The Kier molecular flexibility index (Phi) is 3.88. The standard InChI is InChI=1S/C12H14F3NO2/c1-7(2)16(3)10-5-4-8(11(17)18)6-9(10)12(13,14)15/h4-7H,1-3H3,(H,17,18). The highest BCUT2D eigenvalue weighted by Crippen LogP contribution is 2.37. The molecule has 3 nitrogen and oxygen atoms in total. The summed E-state index contributed by atoms with van der Waals surface area (Å²) < 4.78 is 38.7. The predicted octanol–water partition coefficient (Wildman–Crippen LogP) is 3.25. The summed E-state index contributed by atoms with van der Waals surface area (Å²) >= 11 is 0. The van der Waals surface area contributed by atoms with Crippen LogP contribution < -0.4 is 4.90 Å². The number of benzene rings is 1. The molecule has 0 atom stereocenters. The molecule has 0 aliphatic heterocycles. The van der Waals surface area contributed by atoms with Gasteiger partial charge >= 0.3 is 12.1 Å². The van der Waals surface area contributed by atoms with Crippen LogP contribution in [-0.2, 0) is 6.18 Å². The van der Waals surface area contributed by atoms with Gasteiger partial charge in [-0.25, -0.2) is 4.79 Å². The Bertz CT molecular complexity index is 455. The molecule has 0 radical (unpaired) electrons. The third-order valence-corrected chi connectivity index (χ3v) is 2.70. The molecule has 0 saturated carbocycles. The number of nitrogens with zero attached hydrogens (tertiary/aromatic N) is 1. The molecular formula is C12H14F3NO2. The molecule has 0 aliphatic rings. The number of hydrogen-bond acceptors (Lipinski definition) is 2. The first kappa shape index (κ1) is 14.3. The lowest BCUT2D eigenvalue weighted by Gasteiger charge is -2.27. The van der Waals surface area contributed by atoms with Gasteiger partial charge in [0.25, 0.3) is 0 Å². The molecule has 0 unspecified atom stereocenters. The lowest BCUT2D eigenvalue weighted by molar-refractivity contribution is -0.137. The van der Waals surface area contributed by atoms with Crippen molar-refractivity contribution in [2.24, 2.45) is 0 Å². The van der Waals surface area contributed by atoms with Crippen LogP contribution in [0.25, 0.3) is 0 Å². The molecule has 1 aromatic rings. The number of carboxylic acids is 1. The lowest BCUT2D eigenvalue weighted by atomic mass is 10.1. The Morgan fingerprint density at radius 1 is 1.33 bits per heavy atom. The summed E-state index contributed by atoms with van der Waals surface area (Å²) in [7, 11) is 1.54. The third-order valence-electron chi connectivity index (χ3n) is 2.70. The van der Waals surface area contributed by atoms with Gasteiger partial charge in [-0.05, 0) is 32.0 Å². The largest absolute Gasteiger partial charge is 0.478 e. The molecule has 0 spiro atoms. The number of carbonyl (C=O) groups is 1. The summed E-state index contributed by atoms with van der Waals surface area (Å²) in [5.74, 6) is -1.38. The summed E-state index contributed by atoms with van der Waals surface area (Å²) in [6.45, 7) is 3.51. The Morgan fingerprint density at radius 2 is 1.89 bits per heavy atom. The second kappa shape index (κ2) is 4.88. The molecular weight excluding hydrogens is 247 g/mol. The van der Waals surface area contributed by atoms with Crippen LogP contribution in [0.4, 0.5) is 18.9 Å². The molecule has 0 saturated heterocycles. The van der Waals surface area contributed by atoms with Gasteiger partial charge in [0, 0.05) is 18.8 Å². The van der Waals surface area contributed by atoms with Crippen molar-refractivity contribution in [3.05, 3.63) is 29.3 Å². The van der Waals surface area contributed by atoms with Crippen molar-refractivity contribution in [2.75, 3.05) is 11.9 Å². The van der Waals surface area contributed by atoms with Crippen LogP contribution in [0.5, 0.6) is 0 Å². The van der Waals surface area contributed by atoms with Crippen LogP contribution >= 0.6 is 0 Å². The summed E-state index contributed by atoms with van der Waals surface area (Å²) in [5.41, 5.74) is -1.33. The SMILES string of the molecule is CC(C)N(C)c1ccc(C(=O)O)cc1C(F)(F)F. The Labute approximate surface area is 103 Å². The first-order chi connectivity index (χ1) is 8.14. The topological polar surface area (TPSA) is 40.5 Å². The van der Waals surface area contributed by atoms with Gasteiger partial charge in [-0.2, -0.15) is 13.2 Å². The summed E-state index contributed by atoms with van der Waals surface area (Å²) in [6, 6.07) is 2.90. The van der Waals surface area contributed by atoms with Gasteiger partial charge < -0.3 is 10.0 Å². The van der Waals surface area contributed by atoms with Crippen molar-refractivity contribution in [1.82, 2.24) is 0 Å². The minimum absolute atomic E-state index is 0.0255. The van der Waals surface area contributed by atoms with Crippen LogP contribution in [0.2, 0.25) is 0 Å². The number of hydrogen-bond donors (Lipinski definition) is 1. The molecule has 0 heterocycles. The summed E-state index contributed by atoms with van der Waals surface area (Å²) in [5, 5.41) is 8.73. The minimum Gasteiger partial charge on any atom is -0.478 e. The maximum Gasteiger partial charge on any atom is 0.418 e. The molecule has 0 amide bonds. The second-order valence-electron chi connectivity index (χ2n) is 4.24. The zero-order valence-corrected chi connectivity index (χ0v) is 10.2. The van der Waals surface area contributed by atoms with Crippen molar-refractivity contribution in [2.45, 2.75) is 26.1 Å². The first-order valence-corrected chi connectivity index (χ1v) is 5.32. The number of halogens is 3. The van der Waals surface area contributed by atoms with Crippen LogP contribution in [0.15, 0.2) is 18.2 Å². The highest BCUT2D eigenvalue weighted by Gasteiger charge is 2.35. The monoisotopic (exact) mass is 261 g/mol. The smallest absolute Gasteiger partial charge is 0.418 e. The molecule has 0 aliphatic carbocycles. The minimum atomic E-state index is -4.58. The highest BCUT2D eigenvalue weighted by atomic mass is 19.4. The number of carboxylic acid groups (broad SMARTS) is 1. The van der Waals surface area contributed by atoms with E-state index in [0.29, 0.717) is 6.07 Å². The van der Waals surface area contributed by atoms with E-state index in [1.807, 2.05) is 0 Å². The molecule has 0 aromatic heterocycles. The molecule has 0 fully saturated rings. The lowest BCUT2D eigenvalue weighted by Crippen LogP contribution is -2.28. The second-order valence-corrected chi connectivity index (χ2v) is 4.24. The van der Waals surface area contributed by atoms with E-state index in [4.69, 9.17) is 5.11 Å². The van der Waals surface area contributed by atoms with E-state index >= 15 is 0 Å². The van der Waals surface area contributed by atoms with Gasteiger partial charge in [0.2, 0.25) is 0 Å². The maximum absolute atomic E-state index is 12.9. The highest BCUT2D eigenvalue weighted by molar-refractivity contribution is 5.88. The van der Waals surface area contributed by atoms with Crippen molar-refractivity contribution in [3.63, 3.8) is 0 Å². The van der Waals surface area contributed by atoms with E-state index in [2.05, 4.69) is 0 Å². The van der Waals surface area contributed by atoms with Crippen molar-refractivity contribution >= 4 is 11.7 Å². The van der Waals surface area contributed by atoms with Gasteiger partial charge in [-0.3, -0.25) is 0 Å². The van der Waals surface area contributed by atoms with E-state index in [1.165, 1.54) is 24.1 Å². The zero-order valence-electron chi connectivity index (χ0n) is 10.2. The fourth-order valence-electron chi connectivity index (χ4n) is 1.48.